The molecule has 2 rings (SSSR count). The molecule has 1 aliphatic rings. The lowest BCUT2D eigenvalue weighted by molar-refractivity contribution is 0.681. The monoisotopic (exact) mass is 239 g/mol. The second-order valence-electron chi connectivity index (χ2n) is 3.93. The van der Waals surface area contributed by atoms with Crippen molar-refractivity contribution in [2.45, 2.75) is 25.8 Å². The molecule has 88 valence electrons. The van der Waals surface area contributed by atoms with E-state index in [1.165, 1.54) is 18.6 Å². The van der Waals surface area contributed by atoms with Crippen LogP contribution < -0.4 is 16.6 Å². The number of rotatable bonds is 3. The largest absolute Gasteiger partial charge is 0.366 e. The van der Waals surface area contributed by atoms with Crippen molar-refractivity contribution in [3.8, 4) is 0 Å². The van der Waals surface area contributed by atoms with E-state index in [0.29, 0.717) is 12.0 Å². The molecular weight excluding hydrogens is 222 g/mol. The molecule has 0 amide bonds. The van der Waals surface area contributed by atoms with E-state index in [2.05, 4.69) is 20.7 Å². The van der Waals surface area contributed by atoms with Crippen LogP contribution in [0.25, 0.3) is 0 Å². The first-order chi connectivity index (χ1) is 7.79. The normalized spacial score (nSPS) is 20.5. The van der Waals surface area contributed by atoms with E-state index in [0.717, 1.165) is 17.1 Å². The second kappa shape index (κ2) is 5.36. The molecule has 16 heavy (non-hydrogen) atoms. The van der Waals surface area contributed by atoms with Crippen molar-refractivity contribution in [1.82, 2.24) is 9.97 Å². The number of aromatic nitrogens is 2. The predicted molar refractivity (Wildman–Crippen MR) is 68.5 cm³/mol. The molecule has 2 heterocycles. The summed E-state index contributed by atoms with van der Waals surface area (Å²) in [5.74, 6) is 9.06. The van der Waals surface area contributed by atoms with Crippen molar-refractivity contribution in [2.75, 3.05) is 22.2 Å². The van der Waals surface area contributed by atoms with E-state index in [1.807, 2.05) is 18.7 Å². The highest BCUT2D eigenvalue weighted by atomic mass is 32.2. The lowest BCUT2D eigenvalue weighted by Crippen LogP contribution is -2.27. The first-order valence-corrected chi connectivity index (χ1v) is 6.59. The summed E-state index contributed by atoms with van der Waals surface area (Å²) in [6, 6.07) is 0.512. The summed E-state index contributed by atoms with van der Waals surface area (Å²) in [7, 11) is 0. The lowest BCUT2D eigenvalue weighted by Gasteiger charge is -2.23. The van der Waals surface area contributed by atoms with Gasteiger partial charge in [-0.3, -0.25) is 5.43 Å². The number of aryl methyl sites for hydroxylation is 1. The fraction of sp³-hybridized carbons (Fsp3) is 0.600. The van der Waals surface area contributed by atoms with Gasteiger partial charge < -0.3 is 5.32 Å². The summed E-state index contributed by atoms with van der Waals surface area (Å²) in [4.78, 5) is 8.38. The Bertz CT molecular complexity index is 351. The molecule has 0 spiro atoms. The molecule has 1 fully saturated rings. The van der Waals surface area contributed by atoms with Crippen LogP contribution in [-0.2, 0) is 0 Å². The molecular formula is C10H17N5S. The van der Waals surface area contributed by atoms with Crippen LogP contribution in [0.1, 0.15) is 18.4 Å². The Morgan fingerprint density at radius 1 is 1.56 bits per heavy atom. The molecule has 1 unspecified atom stereocenters. The summed E-state index contributed by atoms with van der Waals surface area (Å²) in [5.41, 5.74) is 3.51. The fourth-order valence-electron chi connectivity index (χ4n) is 1.71. The van der Waals surface area contributed by atoms with Gasteiger partial charge >= 0.3 is 0 Å². The first kappa shape index (κ1) is 11.5. The van der Waals surface area contributed by atoms with Crippen molar-refractivity contribution >= 4 is 23.5 Å². The van der Waals surface area contributed by atoms with Gasteiger partial charge in [-0.1, -0.05) is 0 Å². The Morgan fingerprint density at radius 2 is 2.44 bits per heavy atom. The second-order valence-corrected chi connectivity index (χ2v) is 5.08. The molecule has 1 aromatic rings. The van der Waals surface area contributed by atoms with Gasteiger partial charge in [-0.05, 0) is 25.5 Å². The summed E-state index contributed by atoms with van der Waals surface area (Å²) < 4.78 is 0. The molecule has 0 aliphatic carbocycles. The van der Waals surface area contributed by atoms with Crippen LogP contribution in [0.3, 0.4) is 0 Å². The Labute approximate surface area is 99.6 Å². The number of hydrogen-bond donors (Lipinski definition) is 3. The highest BCUT2D eigenvalue weighted by Gasteiger charge is 2.15. The molecule has 1 aromatic heterocycles. The molecule has 5 nitrogen and oxygen atoms in total. The van der Waals surface area contributed by atoms with E-state index < -0.39 is 0 Å². The van der Waals surface area contributed by atoms with Crippen molar-refractivity contribution in [3.05, 3.63) is 11.8 Å². The van der Waals surface area contributed by atoms with Crippen LogP contribution in [0.5, 0.6) is 0 Å². The van der Waals surface area contributed by atoms with Gasteiger partial charge in [0.1, 0.15) is 5.82 Å². The van der Waals surface area contributed by atoms with Gasteiger partial charge in [0, 0.05) is 23.6 Å². The van der Waals surface area contributed by atoms with Crippen LogP contribution in [0.15, 0.2) is 6.20 Å². The topological polar surface area (TPSA) is 75.9 Å². The van der Waals surface area contributed by atoms with E-state index in [-0.39, 0.29) is 0 Å². The maximum Gasteiger partial charge on any atom is 0.239 e. The van der Waals surface area contributed by atoms with Crippen LogP contribution >= 0.6 is 11.8 Å². The third kappa shape index (κ3) is 2.76. The number of hydrazine groups is 1. The minimum atomic E-state index is 0.455. The van der Waals surface area contributed by atoms with E-state index >= 15 is 0 Å². The van der Waals surface area contributed by atoms with Crippen LogP contribution in [0.2, 0.25) is 0 Å². The molecule has 0 aromatic carbocycles. The zero-order chi connectivity index (χ0) is 11.4. The van der Waals surface area contributed by atoms with Gasteiger partial charge in [-0.15, -0.1) is 0 Å². The average molecular weight is 239 g/mol. The number of nitrogens with zero attached hydrogens (tertiary/aromatic N) is 2. The van der Waals surface area contributed by atoms with Crippen molar-refractivity contribution in [1.29, 1.82) is 0 Å². The standard InChI is InChI=1S/C10H17N5S/c1-7-5-12-10(15-11)14-9(7)13-8-3-2-4-16-6-8/h5,8H,2-4,6,11H2,1H3,(H2,12,13,14,15). The summed E-state index contributed by atoms with van der Waals surface area (Å²) in [6.45, 7) is 2.00. The van der Waals surface area contributed by atoms with E-state index in [1.54, 1.807) is 6.20 Å². The van der Waals surface area contributed by atoms with Gasteiger partial charge in [-0.2, -0.15) is 16.7 Å². The Balaban J connectivity index is 2.06. The highest BCUT2D eigenvalue weighted by molar-refractivity contribution is 7.99. The van der Waals surface area contributed by atoms with Crippen LogP contribution in [-0.4, -0.2) is 27.5 Å². The number of thioether (sulfide) groups is 1. The highest BCUT2D eigenvalue weighted by Crippen LogP contribution is 2.21. The van der Waals surface area contributed by atoms with Crippen molar-refractivity contribution in [3.63, 3.8) is 0 Å². The van der Waals surface area contributed by atoms with Crippen molar-refractivity contribution < 1.29 is 0 Å². The Hall–Kier alpha value is -1.01. The minimum absolute atomic E-state index is 0.455. The molecule has 0 bridgehead atoms. The van der Waals surface area contributed by atoms with Crippen molar-refractivity contribution in [2.24, 2.45) is 5.84 Å². The molecule has 1 saturated heterocycles. The smallest absolute Gasteiger partial charge is 0.239 e. The SMILES string of the molecule is Cc1cnc(NN)nc1NC1CCCSC1. The minimum Gasteiger partial charge on any atom is -0.366 e. The van der Waals surface area contributed by atoms with E-state index in [4.69, 9.17) is 5.84 Å². The molecule has 1 atom stereocenters. The van der Waals surface area contributed by atoms with Gasteiger partial charge in [0.15, 0.2) is 0 Å². The molecule has 4 N–H and O–H groups in total. The maximum atomic E-state index is 5.30. The number of nitrogens with two attached hydrogens (primary N) is 1. The third-order valence-corrected chi connectivity index (χ3v) is 3.82. The third-order valence-electron chi connectivity index (χ3n) is 2.60. The Kier molecular flexibility index (Phi) is 3.84. The Morgan fingerprint density at radius 3 is 3.12 bits per heavy atom. The van der Waals surface area contributed by atoms with E-state index in [9.17, 15) is 0 Å². The fourth-order valence-corrected chi connectivity index (χ4v) is 2.78. The maximum absolute atomic E-state index is 5.30. The van der Waals surface area contributed by atoms with Crippen LogP contribution in [0, 0.1) is 6.92 Å². The molecule has 1 aliphatic heterocycles. The average Bonchev–Trinajstić information content (AvgIpc) is 2.33. The molecule has 0 saturated carbocycles. The van der Waals surface area contributed by atoms with Gasteiger partial charge in [0.05, 0.1) is 0 Å². The number of anilines is 2. The number of nitrogens with one attached hydrogen (secondary N) is 2. The zero-order valence-corrected chi connectivity index (χ0v) is 10.2. The lowest BCUT2D eigenvalue weighted by atomic mass is 10.2. The summed E-state index contributed by atoms with van der Waals surface area (Å²) in [6.07, 6.45) is 4.26. The summed E-state index contributed by atoms with van der Waals surface area (Å²) in [5, 5.41) is 3.46. The molecule has 6 heteroatoms. The number of nitrogen functional groups attached to an aromatic ring is 1. The predicted octanol–water partition coefficient (Wildman–Crippen LogP) is 1.38. The van der Waals surface area contributed by atoms with Gasteiger partial charge in [0.25, 0.3) is 0 Å². The quantitative estimate of drug-likeness (QED) is 0.546. The molecule has 0 radical (unpaired) electrons. The van der Waals surface area contributed by atoms with Gasteiger partial charge in [-0.25, -0.2) is 10.8 Å². The number of hydrogen-bond acceptors (Lipinski definition) is 6. The van der Waals surface area contributed by atoms with Crippen LogP contribution in [0.4, 0.5) is 11.8 Å². The van der Waals surface area contributed by atoms with Gasteiger partial charge in [0.2, 0.25) is 5.95 Å². The summed E-state index contributed by atoms with van der Waals surface area (Å²) >= 11 is 1.99. The zero-order valence-electron chi connectivity index (χ0n) is 9.36. The first-order valence-electron chi connectivity index (χ1n) is 5.44.